The molecule has 0 fully saturated rings. The molecule has 308 valence electrons. The van der Waals surface area contributed by atoms with Crippen molar-refractivity contribution in [3.8, 4) is 51.7 Å². The molecule has 0 unspecified atom stereocenters. The number of hydrogen-bond donors (Lipinski definition) is 0. The Kier molecular flexibility index (Phi) is 19.5. The summed E-state index contributed by atoms with van der Waals surface area (Å²) >= 11 is 0. The van der Waals surface area contributed by atoms with Gasteiger partial charge in [-0.15, -0.1) is 0 Å². The van der Waals surface area contributed by atoms with Gasteiger partial charge in [-0.2, -0.15) is 27.4 Å². The maximum absolute atomic E-state index is 6.57. The summed E-state index contributed by atoms with van der Waals surface area (Å²) in [6, 6.07) is 0. The van der Waals surface area contributed by atoms with Gasteiger partial charge in [-0.05, 0) is 41.5 Å². The largest absolute Gasteiger partial charge is 4.00 e. The number of methoxy groups -OCH3 is 9. The number of rotatable bonds is 13. The summed E-state index contributed by atoms with van der Waals surface area (Å²) in [5, 5.41) is 3.63. The first-order valence-corrected chi connectivity index (χ1v) is 19.3. The molecular weight excluding hydrogens is 831 g/mol. The third-order valence-electron chi connectivity index (χ3n) is 11.2. The molecule has 0 bridgehead atoms. The van der Waals surface area contributed by atoms with Crippen molar-refractivity contribution >= 4 is 28.8 Å². The smallest absolute Gasteiger partial charge is 1.00 e. The number of hydrogen-bond acceptors (Lipinski definition) is 9. The van der Waals surface area contributed by atoms with Gasteiger partial charge >= 0.3 is 21.7 Å². The summed E-state index contributed by atoms with van der Waals surface area (Å²) in [6.45, 7) is 20.9. The predicted octanol–water partition coefficient (Wildman–Crippen LogP) is -3.05. The van der Waals surface area contributed by atoms with E-state index in [1.165, 1.54) is 11.1 Å². The molecule has 4 rings (SSSR count). The molecule has 0 atom stereocenters. The summed E-state index contributed by atoms with van der Waals surface area (Å²) in [5.74, 6) is 5.72. The summed E-state index contributed by atoms with van der Waals surface area (Å²) in [5.41, 5.74) is 9.57. The molecule has 0 saturated heterocycles. The Morgan fingerprint density at radius 2 is 0.518 bits per heavy atom. The van der Waals surface area contributed by atoms with Crippen LogP contribution in [0.4, 0.5) is 0 Å². The van der Waals surface area contributed by atoms with Crippen LogP contribution in [0.15, 0.2) is 0 Å². The molecule has 0 aliphatic rings. The van der Waals surface area contributed by atoms with Gasteiger partial charge in [0.05, 0.1) is 64.0 Å². The normalized spacial score (nSPS) is 10.6. The Balaban J connectivity index is 0.00000756. The van der Waals surface area contributed by atoms with Crippen molar-refractivity contribution in [3.05, 3.63) is 55.6 Å². The fraction of sp³-hybridized carbons (Fsp3) is 0.452. The van der Waals surface area contributed by atoms with Crippen molar-refractivity contribution in [1.82, 2.24) is 0 Å². The summed E-state index contributed by atoms with van der Waals surface area (Å²) in [4.78, 5) is 0. The molecule has 0 aromatic heterocycles. The van der Waals surface area contributed by atoms with Gasteiger partial charge in [0.2, 0.25) is 0 Å². The minimum Gasteiger partial charge on any atom is -1.00 e. The first-order chi connectivity index (χ1) is 24.6. The van der Waals surface area contributed by atoms with E-state index in [9.17, 15) is 0 Å². The molecule has 0 spiro atoms. The fourth-order valence-electron chi connectivity index (χ4n) is 8.90. The molecule has 4 aromatic rings. The molecule has 9 nitrogen and oxygen atoms in total. The van der Waals surface area contributed by atoms with Gasteiger partial charge in [0.1, 0.15) is 51.7 Å². The minimum absolute atomic E-state index is 0. The van der Waals surface area contributed by atoms with Crippen LogP contribution in [0.5, 0.6) is 51.7 Å². The van der Waals surface area contributed by atoms with Crippen LogP contribution in [0.2, 0.25) is 0 Å². The Bertz CT molecular complexity index is 1740. The molecule has 0 amide bonds. The summed E-state index contributed by atoms with van der Waals surface area (Å²) in [6.07, 6.45) is 0. The van der Waals surface area contributed by atoms with E-state index >= 15 is 0 Å². The molecular formula is C42H57Cl3O9SiTi. The minimum atomic E-state index is -4.00. The van der Waals surface area contributed by atoms with Gasteiger partial charge in [0.25, 0.3) is 0 Å². The number of ether oxygens (including phenoxy) is 9. The van der Waals surface area contributed by atoms with E-state index in [-0.39, 0.29) is 58.9 Å². The molecule has 56 heavy (non-hydrogen) atoms. The van der Waals surface area contributed by atoms with Crippen LogP contribution in [0.3, 0.4) is 0 Å². The van der Waals surface area contributed by atoms with Crippen molar-refractivity contribution < 1.29 is 102 Å². The zero-order valence-electron chi connectivity index (χ0n) is 36.3. The predicted molar refractivity (Wildman–Crippen MR) is 212 cm³/mol. The van der Waals surface area contributed by atoms with Crippen LogP contribution in [0.25, 0.3) is 0 Å². The molecule has 4 aromatic carbocycles. The van der Waals surface area contributed by atoms with Crippen molar-refractivity contribution in [2.24, 2.45) is 0 Å². The first-order valence-electron chi connectivity index (χ1n) is 17.3. The van der Waals surface area contributed by atoms with E-state index in [1.807, 2.05) is 41.5 Å². The van der Waals surface area contributed by atoms with Crippen molar-refractivity contribution in [1.29, 1.82) is 0 Å². The van der Waals surface area contributed by atoms with Crippen LogP contribution in [-0.2, 0) is 21.7 Å². The average molecular weight is 888 g/mol. The Labute approximate surface area is 368 Å². The average Bonchev–Trinajstić information content (AvgIpc) is 3.31. The quantitative estimate of drug-likeness (QED) is 0.0792. The van der Waals surface area contributed by atoms with Gasteiger partial charge in [-0.3, -0.25) is 0 Å². The molecule has 0 N–H and O–H groups in total. The van der Waals surface area contributed by atoms with Gasteiger partial charge < -0.3 is 79.9 Å². The zero-order valence-corrected chi connectivity index (χ0v) is 41.1. The van der Waals surface area contributed by atoms with E-state index in [0.29, 0.717) is 51.7 Å². The zero-order chi connectivity index (χ0) is 39.1. The fourth-order valence-corrected chi connectivity index (χ4v) is 15.7. The third-order valence-corrected chi connectivity index (χ3v) is 16.3. The second-order valence-corrected chi connectivity index (χ2v) is 16.8. The van der Waals surface area contributed by atoms with Crippen LogP contribution < -0.4 is 101 Å². The Hall–Kier alpha value is -2.99. The van der Waals surface area contributed by atoms with E-state index in [2.05, 4.69) is 27.7 Å². The maximum Gasteiger partial charge on any atom is 4.00 e. The van der Waals surface area contributed by atoms with Crippen LogP contribution >= 0.6 is 0 Å². The van der Waals surface area contributed by atoms with Crippen molar-refractivity contribution in [2.75, 3.05) is 64.0 Å². The van der Waals surface area contributed by atoms with Gasteiger partial charge in [-0.1, -0.05) is 27.7 Å². The molecule has 0 aliphatic heterocycles. The molecule has 0 radical (unpaired) electrons. The Morgan fingerprint density at radius 3 is 0.661 bits per heavy atom. The maximum atomic E-state index is 6.57. The summed E-state index contributed by atoms with van der Waals surface area (Å²) < 4.78 is 57.6. The molecule has 14 heteroatoms. The third kappa shape index (κ3) is 7.43. The van der Waals surface area contributed by atoms with E-state index in [0.717, 1.165) is 65.3 Å². The van der Waals surface area contributed by atoms with Gasteiger partial charge in [0.15, 0.2) is 8.07 Å². The SMILES string of the molecule is COc1c(C)c(OC)c([Si](c2c(OC)c(C)c(OC)c(C)c2OC)(c2c(OC)c(C)c(OC)c(C)c2OC)c2c(C)c(C)c(C)[c-]2C)c(OC)c1C.[Cl-].[Cl-].[Cl-].[Ti+4]. The van der Waals surface area contributed by atoms with Crippen LogP contribution in [0.1, 0.15) is 55.6 Å². The van der Waals surface area contributed by atoms with E-state index < -0.39 is 8.07 Å². The van der Waals surface area contributed by atoms with Crippen LogP contribution in [-0.4, -0.2) is 72.1 Å². The van der Waals surface area contributed by atoms with Crippen molar-refractivity contribution in [3.63, 3.8) is 0 Å². The first kappa shape index (κ1) is 53.0. The Morgan fingerprint density at radius 1 is 0.321 bits per heavy atom. The summed E-state index contributed by atoms with van der Waals surface area (Å²) in [7, 11) is 11.2. The van der Waals surface area contributed by atoms with E-state index in [1.54, 1.807) is 64.0 Å². The topological polar surface area (TPSA) is 83.1 Å². The van der Waals surface area contributed by atoms with Gasteiger partial charge in [0, 0.05) is 48.9 Å². The molecule has 0 aliphatic carbocycles. The molecule has 0 saturated carbocycles. The van der Waals surface area contributed by atoms with Crippen LogP contribution in [0, 0.1) is 69.2 Å². The van der Waals surface area contributed by atoms with Crippen molar-refractivity contribution in [2.45, 2.75) is 69.2 Å². The van der Waals surface area contributed by atoms with Gasteiger partial charge in [-0.25, -0.2) is 0 Å². The number of halogens is 3. The van der Waals surface area contributed by atoms with E-state index in [4.69, 9.17) is 42.6 Å². The standard InChI is InChI=1S/C42H57O9Si.3ClH.Ti/c1-20-21(2)23(4)39(22(20)3)52(40-33(46-14)24(5)30(43-11)25(6)34(40)47-15,41-35(48-16)26(7)31(44-12)27(8)36(41)49-17)42-37(50-18)28(9)32(45-13)29(10)38(42)51-19;;;;/h1-19H3;3*1H;/q-1;;;;+4/p-3. The second kappa shape index (κ2) is 20.6. The monoisotopic (exact) mass is 886 g/mol. The molecule has 0 heterocycles. The number of benzene rings is 3. The second-order valence-electron chi connectivity index (χ2n) is 13.3.